The highest BCUT2D eigenvalue weighted by Crippen LogP contribution is 2.18. The third-order valence-electron chi connectivity index (χ3n) is 1.67. The number of hydrogen-bond acceptors (Lipinski definition) is 3. The molecule has 1 aromatic rings. The van der Waals surface area contributed by atoms with Crippen molar-refractivity contribution in [2.24, 2.45) is 5.73 Å². The van der Waals surface area contributed by atoms with Gasteiger partial charge in [0.1, 0.15) is 4.32 Å². The minimum Gasteiger partial charge on any atom is -0.384 e. The Balaban J connectivity index is 2.60. The first kappa shape index (κ1) is 11.0. The number of thiocarbonyl (C=S) groups is 1. The molecule has 4 heteroatoms. The zero-order valence-electron chi connectivity index (χ0n) is 7.56. The predicted molar refractivity (Wildman–Crippen MR) is 63.0 cm³/mol. The minimum absolute atomic E-state index is 0.426. The van der Waals surface area contributed by atoms with Crippen molar-refractivity contribution in [1.82, 2.24) is 0 Å². The van der Waals surface area contributed by atoms with Crippen molar-refractivity contribution in [3.8, 4) is 6.07 Å². The molecule has 14 heavy (non-hydrogen) atoms. The lowest BCUT2D eigenvalue weighted by Crippen LogP contribution is -2.00. The topological polar surface area (TPSA) is 49.8 Å². The molecule has 2 N–H and O–H groups in total. The maximum Gasteiger partial charge on any atom is 0.135 e. The highest BCUT2D eigenvalue weighted by molar-refractivity contribution is 8.22. The summed E-state index contributed by atoms with van der Waals surface area (Å²) in [7, 11) is 0. The van der Waals surface area contributed by atoms with Gasteiger partial charge in [0.05, 0.1) is 6.07 Å². The second-order valence-corrected chi connectivity index (χ2v) is 4.54. The van der Waals surface area contributed by atoms with Crippen molar-refractivity contribution in [3.63, 3.8) is 0 Å². The molecule has 0 atom stereocenters. The van der Waals surface area contributed by atoms with Crippen LogP contribution in [0.4, 0.5) is 0 Å². The molecule has 0 bridgehead atoms. The first-order valence-corrected chi connectivity index (χ1v) is 5.38. The van der Waals surface area contributed by atoms with Gasteiger partial charge in [-0.1, -0.05) is 36.1 Å². The van der Waals surface area contributed by atoms with Gasteiger partial charge in [0.2, 0.25) is 0 Å². The van der Waals surface area contributed by atoms with Gasteiger partial charge in [-0.15, -0.1) is 0 Å². The van der Waals surface area contributed by atoms with Gasteiger partial charge >= 0.3 is 0 Å². The van der Waals surface area contributed by atoms with E-state index >= 15 is 0 Å². The standard InChI is InChI=1S/C10H10N2S2/c11-7-1-2-8-3-5-9(6-4-8)14-10(12)13/h3-6H,1-2H2,(H2,12,13). The van der Waals surface area contributed by atoms with Gasteiger partial charge in [0, 0.05) is 11.3 Å². The van der Waals surface area contributed by atoms with Gasteiger partial charge in [0.15, 0.2) is 0 Å². The van der Waals surface area contributed by atoms with Crippen LogP contribution in [0.25, 0.3) is 0 Å². The van der Waals surface area contributed by atoms with Crippen LogP contribution in [0.5, 0.6) is 0 Å². The monoisotopic (exact) mass is 222 g/mol. The molecular weight excluding hydrogens is 212 g/mol. The van der Waals surface area contributed by atoms with E-state index in [4.69, 9.17) is 23.2 Å². The zero-order valence-corrected chi connectivity index (χ0v) is 9.20. The Kier molecular flexibility index (Phi) is 4.44. The second-order valence-electron chi connectivity index (χ2n) is 2.72. The van der Waals surface area contributed by atoms with E-state index in [2.05, 4.69) is 6.07 Å². The highest BCUT2D eigenvalue weighted by Gasteiger charge is 1.96. The normalized spacial score (nSPS) is 9.36. The van der Waals surface area contributed by atoms with Crippen LogP contribution in [0.15, 0.2) is 29.2 Å². The Morgan fingerprint density at radius 3 is 2.57 bits per heavy atom. The van der Waals surface area contributed by atoms with Gasteiger partial charge in [-0.2, -0.15) is 5.26 Å². The third-order valence-corrected chi connectivity index (χ3v) is 2.63. The highest BCUT2D eigenvalue weighted by atomic mass is 32.2. The van der Waals surface area contributed by atoms with E-state index in [0.29, 0.717) is 10.7 Å². The summed E-state index contributed by atoms with van der Waals surface area (Å²) in [4.78, 5) is 1.04. The first-order chi connectivity index (χ1) is 6.72. The van der Waals surface area contributed by atoms with Crippen molar-refractivity contribution in [3.05, 3.63) is 29.8 Å². The Hall–Kier alpha value is -1.05. The zero-order chi connectivity index (χ0) is 10.4. The van der Waals surface area contributed by atoms with E-state index in [0.717, 1.165) is 11.3 Å². The number of nitrogens with two attached hydrogens (primary N) is 1. The average Bonchev–Trinajstić information content (AvgIpc) is 2.16. The van der Waals surface area contributed by atoms with Crippen LogP contribution in [0, 0.1) is 11.3 Å². The van der Waals surface area contributed by atoms with E-state index in [1.54, 1.807) is 0 Å². The average molecular weight is 222 g/mol. The summed E-state index contributed by atoms with van der Waals surface area (Å²) in [5.41, 5.74) is 6.56. The fourth-order valence-corrected chi connectivity index (χ4v) is 1.83. The number of rotatable bonds is 3. The summed E-state index contributed by atoms with van der Waals surface area (Å²) in [6.07, 6.45) is 1.36. The molecule has 1 aromatic carbocycles. The van der Waals surface area contributed by atoms with Crippen molar-refractivity contribution in [2.75, 3.05) is 0 Å². The Labute approximate surface area is 93.1 Å². The largest absolute Gasteiger partial charge is 0.384 e. The van der Waals surface area contributed by atoms with E-state index in [1.165, 1.54) is 17.3 Å². The number of nitriles is 1. The van der Waals surface area contributed by atoms with Crippen LogP contribution in [0.1, 0.15) is 12.0 Å². The van der Waals surface area contributed by atoms with E-state index in [9.17, 15) is 0 Å². The molecule has 0 saturated carbocycles. The molecule has 0 aliphatic carbocycles. The summed E-state index contributed by atoms with van der Waals surface area (Å²) in [5, 5.41) is 8.41. The van der Waals surface area contributed by atoms with Gasteiger partial charge in [-0.3, -0.25) is 0 Å². The van der Waals surface area contributed by atoms with Crippen molar-refractivity contribution < 1.29 is 0 Å². The summed E-state index contributed by atoms with van der Waals surface area (Å²) in [5.74, 6) is 0. The lowest BCUT2D eigenvalue weighted by atomic mass is 10.1. The number of hydrogen-bond donors (Lipinski definition) is 1. The molecule has 0 fully saturated rings. The number of thioether (sulfide) groups is 1. The van der Waals surface area contributed by atoms with Crippen molar-refractivity contribution in [2.45, 2.75) is 17.7 Å². The molecule has 0 saturated heterocycles. The fraction of sp³-hybridized carbons (Fsp3) is 0.200. The number of aryl methyl sites for hydroxylation is 1. The molecule has 0 aliphatic rings. The van der Waals surface area contributed by atoms with Gasteiger partial charge in [-0.25, -0.2) is 0 Å². The Bertz CT molecular complexity index is 351. The SMILES string of the molecule is N#CCCc1ccc(SC(N)=S)cc1. The molecule has 0 spiro atoms. The molecule has 0 aliphatic heterocycles. The van der Waals surface area contributed by atoms with Crippen LogP contribution < -0.4 is 5.73 Å². The predicted octanol–water partition coefficient (Wildman–Crippen LogP) is 2.48. The molecule has 0 unspecified atom stereocenters. The molecule has 72 valence electrons. The second kappa shape index (κ2) is 5.63. The van der Waals surface area contributed by atoms with Gasteiger partial charge < -0.3 is 5.73 Å². The van der Waals surface area contributed by atoms with Crippen LogP contribution in [0.2, 0.25) is 0 Å². The smallest absolute Gasteiger partial charge is 0.135 e. The molecule has 2 nitrogen and oxygen atoms in total. The van der Waals surface area contributed by atoms with Crippen LogP contribution >= 0.6 is 24.0 Å². The summed E-state index contributed by atoms with van der Waals surface area (Å²) < 4.78 is 0.426. The summed E-state index contributed by atoms with van der Waals surface area (Å²) in [6, 6.07) is 10.1. The van der Waals surface area contributed by atoms with Gasteiger partial charge in [-0.05, 0) is 24.1 Å². The van der Waals surface area contributed by atoms with E-state index < -0.39 is 0 Å². The molecule has 0 amide bonds. The van der Waals surface area contributed by atoms with Gasteiger partial charge in [0.25, 0.3) is 0 Å². The van der Waals surface area contributed by atoms with Crippen LogP contribution in [-0.4, -0.2) is 4.32 Å². The molecule has 0 heterocycles. The maximum absolute atomic E-state index is 8.41. The number of benzene rings is 1. The molecule has 1 rings (SSSR count). The minimum atomic E-state index is 0.426. The third kappa shape index (κ3) is 3.77. The Morgan fingerprint density at radius 2 is 2.07 bits per heavy atom. The van der Waals surface area contributed by atoms with Crippen LogP contribution in [-0.2, 0) is 6.42 Å². The summed E-state index contributed by atoms with van der Waals surface area (Å²) in [6.45, 7) is 0. The van der Waals surface area contributed by atoms with Crippen LogP contribution in [0.3, 0.4) is 0 Å². The van der Waals surface area contributed by atoms with Crippen molar-refractivity contribution in [1.29, 1.82) is 5.26 Å². The lowest BCUT2D eigenvalue weighted by Gasteiger charge is -2.00. The van der Waals surface area contributed by atoms with E-state index in [-0.39, 0.29) is 0 Å². The lowest BCUT2D eigenvalue weighted by molar-refractivity contribution is 1.01. The number of nitrogens with zero attached hydrogens (tertiary/aromatic N) is 1. The van der Waals surface area contributed by atoms with E-state index in [1.807, 2.05) is 24.3 Å². The maximum atomic E-state index is 8.41. The Morgan fingerprint density at radius 1 is 1.43 bits per heavy atom. The van der Waals surface area contributed by atoms with Crippen molar-refractivity contribution >= 4 is 28.3 Å². The summed E-state index contributed by atoms with van der Waals surface area (Å²) >= 11 is 6.15. The molecule has 0 radical (unpaired) electrons. The quantitative estimate of drug-likeness (QED) is 0.630. The first-order valence-electron chi connectivity index (χ1n) is 4.15. The molecule has 0 aromatic heterocycles. The molecular formula is C10H10N2S2. The fourth-order valence-electron chi connectivity index (χ4n) is 1.04.